The molecule has 0 aliphatic heterocycles. The van der Waals surface area contributed by atoms with Crippen LogP contribution in [0.15, 0.2) is 41.5 Å². The molecule has 6 nitrogen and oxygen atoms in total. The molecule has 2 aromatic rings. The van der Waals surface area contributed by atoms with Gasteiger partial charge in [-0.25, -0.2) is 15.0 Å². The van der Waals surface area contributed by atoms with Gasteiger partial charge in [-0.2, -0.15) is 0 Å². The fourth-order valence-electron chi connectivity index (χ4n) is 1.86. The van der Waals surface area contributed by atoms with Crippen LogP contribution in [0.1, 0.15) is 17.1 Å². The maximum Gasteiger partial charge on any atom is 0.193 e. The molecule has 0 saturated heterocycles. The van der Waals surface area contributed by atoms with Crippen molar-refractivity contribution < 1.29 is 4.74 Å². The Morgan fingerprint density at radius 2 is 2.09 bits per heavy atom. The maximum absolute atomic E-state index is 5.91. The molecule has 0 radical (unpaired) electrons. The highest BCUT2D eigenvalue weighted by Crippen LogP contribution is 2.15. The number of nitrogens with zero attached hydrogens (tertiary/aromatic N) is 3. The molecular formula is C15H20IN5O. The first-order valence-corrected chi connectivity index (χ1v) is 6.61. The van der Waals surface area contributed by atoms with E-state index < -0.39 is 0 Å². The van der Waals surface area contributed by atoms with Crippen LogP contribution in [0.4, 0.5) is 5.69 Å². The molecule has 118 valence electrons. The lowest BCUT2D eigenvalue weighted by atomic mass is 10.2. The zero-order chi connectivity index (χ0) is 15.1. The van der Waals surface area contributed by atoms with E-state index in [9.17, 15) is 0 Å². The van der Waals surface area contributed by atoms with Crippen LogP contribution < -0.4 is 11.1 Å². The molecule has 0 bridgehead atoms. The maximum atomic E-state index is 5.91. The summed E-state index contributed by atoms with van der Waals surface area (Å²) in [6.07, 6.45) is 1.71. The second kappa shape index (κ2) is 9.31. The lowest BCUT2D eigenvalue weighted by molar-refractivity contribution is 0.185. The monoisotopic (exact) mass is 413 g/mol. The molecule has 7 heteroatoms. The summed E-state index contributed by atoms with van der Waals surface area (Å²) in [5.74, 6) is 1.06. The van der Waals surface area contributed by atoms with Gasteiger partial charge in [0.05, 0.1) is 18.8 Å². The van der Waals surface area contributed by atoms with Crippen LogP contribution in [0, 0.1) is 6.92 Å². The molecule has 1 aromatic heterocycles. The highest BCUT2D eigenvalue weighted by molar-refractivity contribution is 14.0. The minimum absolute atomic E-state index is 0. The van der Waals surface area contributed by atoms with Crippen molar-refractivity contribution >= 4 is 35.6 Å². The first kappa shape index (κ1) is 18.3. The Kier molecular flexibility index (Phi) is 7.75. The number of rotatable bonds is 5. The zero-order valence-corrected chi connectivity index (χ0v) is 14.9. The van der Waals surface area contributed by atoms with E-state index in [-0.39, 0.29) is 24.0 Å². The van der Waals surface area contributed by atoms with Crippen molar-refractivity contribution in [2.24, 2.45) is 10.7 Å². The summed E-state index contributed by atoms with van der Waals surface area (Å²) in [5, 5.41) is 3.08. The first-order chi connectivity index (χ1) is 10.2. The number of aliphatic imine (C=N–C) groups is 1. The lowest BCUT2D eigenvalue weighted by Gasteiger charge is -2.10. The number of aromatic nitrogens is 2. The summed E-state index contributed by atoms with van der Waals surface area (Å²) >= 11 is 0. The first-order valence-electron chi connectivity index (χ1n) is 6.61. The third-order valence-corrected chi connectivity index (χ3v) is 2.83. The molecule has 2 rings (SSSR count). The minimum Gasteiger partial charge on any atom is -0.380 e. The van der Waals surface area contributed by atoms with E-state index in [1.165, 1.54) is 0 Å². The number of halogens is 1. The molecule has 1 aromatic carbocycles. The number of aryl methyl sites for hydroxylation is 1. The highest BCUT2D eigenvalue weighted by Gasteiger charge is 2.02. The number of ether oxygens (including phenoxy) is 1. The Labute approximate surface area is 147 Å². The van der Waals surface area contributed by atoms with Crippen LogP contribution in [-0.4, -0.2) is 23.0 Å². The Bertz CT molecular complexity index is 633. The van der Waals surface area contributed by atoms with Crippen molar-refractivity contribution in [3.63, 3.8) is 0 Å². The minimum atomic E-state index is 0. The fourth-order valence-corrected chi connectivity index (χ4v) is 1.86. The van der Waals surface area contributed by atoms with Gasteiger partial charge >= 0.3 is 0 Å². The lowest BCUT2D eigenvalue weighted by Crippen LogP contribution is -2.23. The third-order valence-electron chi connectivity index (χ3n) is 2.83. The molecule has 0 spiro atoms. The third kappa shape index (κ3) is 5.57. The van der Waals surface area contributed by atoms with E-state index in [0.29, 0.717) is 19.1 Å². The Morgan fingerprint density at radius 1 is 1.32 bits per heavy atom. The Balaban J connectivity index is 0.00000242. The summed E-state index contributed by atoms with van der Waals surface area (Å²) in [6, 6.07) is 9.63. The van der Waals surface area contributed by atoms with Crippen LogP contribution in [0.5, 0.6) is 0 Å². The summed E-state index contributed by atoms with van der Waals surface area (Å²) in [6.45, 7) is 2.77. The largest absolute Gasteiger partial charge is 0.380 e. The van der Waals surface area contributed by atoms with Gasteiger partial charge in [0.2, 0.25) is 0 Å². The zero-order valence-electron chi connectivity index (χ0n) is 12.6. The number of hydrogen-bond donors (Lipinski definition) is 2. The predicted molar refractivity (Wildman–Crippen MR) is 98.3 cm³/mol. The van der Waals surface area contributed by atoms with Gasteiger partial charge in [-0.3, -0.25) is 0 Å². The molecule has 0 aliphatic carbocycles. The van der Waals surface area contributed by atoms with Gasteiger partial charge in [0.25, 0.3) is 0 Å². The van der Waals surface area contributed by atoms with Gasteiger partial charge in [-0.05, 0) is 19.1 Å². The number of benzene rings is 1. The second-order valence-electron chi connectivity index (χ2n) is 4.51. The molecule has 1 heterocycles. The number of hydrogen-bond acceptors (Lipinski definition) is 4. The van der Waals surface area contributed by atoms with E-state index in [1.54, 1.807) is 13.3 Å². The van der Waals surface area contributed by atoms with E-state index in [0.717, 1.165) is 22.8 Å². The van der Waals surface area contributed by atoms with E-state index in [1.807, 2.05) is 37.3 Å². The fraction of sp³-hybridized carbons (Fsp3) is 0.267. The standard InChI is InChI=1S/C15H19N5O.HI/c1-11-17-8-7-13(19-11)9-18-15(16)20-14-6-4-3-5-12(14)10-21-2;/h3-8H,9-10H2,1-2H3,(H3,16,18,20);1H. The van der Waals surface area contributed by atoms with Crippen molar-refractivity contribution in [3.05, 3.63) is 53.6 Å². The van der Waals surface area contributed by atoms with Crippen LogP contribution in [0.3, 0.4) is 0 Å². The summed E-state index contributed by atoms with van der Waals surface area (Å²) < 4.78 is 5.15. The van der Waals surface area contributed by atoms with Gasteiger partial charge in [0.1, 0.15) is 5.82 Å². The summed E-state index contributed by atoms with van der Waals surface area (Å²) in [7, 11) is 1.66. The number of methoxy groups -OCH3 is 1. The quantitative estimate of drug-likeness (QED) is 0.447. The molecule has 0 unspecified atom stereocenters. The molecule has 0 atom stereocenters. The van der Waals surface area contributed by atoms with E-state index >= 15 is 0 Å². The molecule has 0 aliphatic rings. The molecule has 0 saturated carbocycles. The summed E-state index contributed by atoms with van der Waals surface area (Å²) in [4.78, 5) is 12.6. The van der Waals surface area contributed by atoms with Crippen molar-refractivity contribution in [1.82, 2.24) is 9.97 Å². The predicted octanol–water partition coefficient (Wildman–Crippen LogP) is 2.48. The molecule has 3 N–H and O–H groups in total. The molecule has 22 heavy (non-hydrogen) atoms. The molecular weight excluding hydrogens is 393 g/mol. The highest BCUT2D eigenvalue weighted by atomic mass is 127. The van der Waals surface area contributed by atoms with Crippen LogP contribution in [0.25, 0.3) is 0 Å². The number of anilines is 1. The van der Waals surface area contributed by atoms with Gasteiger partial charge in [0, 0.05) is 24.6 Å². The second-order valence-corrected chi connectivity index (χ2v) is 4.51. The van der Waals surface area contributed by atoms with Gasteiger partial charge in [-0.15, -0.1) is 24.0 Å². The smallest absolute Gasteiger partial charge is 0.193 e. The number of guanidine groups is 1. The van der Waals surface area contributed by atoms with Crippen molar-refractivity contribution in [2.45, 2.75) is 20.1 Å². The number of para-hydroxylation sites is 1. The normalized spacial score (nSPS) is 10.9. The van der Waals surface area contributed by atoms with E-state index in [4.69, 9.17) is 10.5 Å². The van der Waals surface area contributed by atoms with Gasteiger partial charge in [0.15, 0.2) is 5.96 Å². The van der Waals surface area contributed by atoms with Crippen molar-refractivity contribution in [2.75, 3.05) is 12.4 Å². The van der Waals surface area contributed by atoms with Crippen molar-refractivity contribution in [3.8, 4) is 0 Å². The van der Waals surface area contributed by atoms with Crippen LogP contribution >= 0.6 is 24.0 Å². The van der Waals surface area contributed by atoms with Crippen LogP contribution in [0.2, 0.25) is 0 Å². The number of nitrogens with two attached hydrogens (primary N) is 1. The molecule has 0 fully saturated rings. The van der Waals surface area contributed by atoms with Gasteiger partial charge in [-0.1, -0.05) is 18.2 Å². The average molecular weight is 413 g/mol. The van der Waals surface area contributed by atoms with Crippen LogP contribution in [-0.2, 0) is 17.9 Å². The SMILES string of the molecule is COCc1ccccc1NC(N)=NCc1ccnc(C)n1.I. The van der Waals surface area contributed by atoms with E-state index in [2.05, 4.69) is 20.3 Å². The van der Waals surface area contributed by atoms with Gasteiger partial charge < -0.3 is 15.8 Å². The number of nitrogens with one attached hydrogen (secondary N) is 1. The Hall–Kier alpha value is -1.74. The summed E-state index contributed by atoms with van der Waals surface area (Å²) in [5.41, 5.74) is 8.65. The molecule has 0 amide bonds. The average Bonchev–Trinajstić information content (AvgIpc) is 2.48. The Morgan fingerprint density at radius 3 is 2.82 bits per heavy atom. The topological polar surface area (TPSA) is 85.4 Å². The van der Waals surface area contributed by atoms with Crippen molar-refractivity contribution in [1.29, 1.82) is 0 Å².